The maximum atomic E-state index is 12.3. The molecule has 0 aromatic heterocycles. The summed E-state index contributed by atoms with van der Waals surface area (Å²) in [6.07, 6.45) is 0. The third-order valence-corrected chi connectivity index (χ3v) is 4.04. The highest BCUT2D eigenvalue weighted by molar-refractivity contribution is 5.81. The van der Waals surface area contributed by atoms with Gasteiger partial charge in [0.05, 0.1) is 0 Å². The van der Waals surface area contributed by atoms with Crippen LogP contribution in [-0.2, 0) is 16.1 Å². The van der Waals surface area contributed by atoms with Crippen molar-refractivity contribution in [1.29, 1.82) is 0 Å². The van der Waals surface area contributed by atoms with Gasteiger partial charge in [-0.25, -0.2) is 0 Å². The molecule has 0 fully saturated rings. The third-order valence-electron chi connectivity index (χ3n) is 4.04. The molecule has 0 spiro atoms. The normalized spacial score (nSPS) is 14.0. The van der Waals surface area contributed by atoms with Crippen LogP contribution >= 0.6 is 0 Å². The molecule has 2 N–H and O–H groups in total. The Morgan fingerprint density at radius 1 is 1.17 bits per heavy atom. The van der Waals surface area contributed by atoms with Crippen molar-refractivity contribution in [2.45, 2.75) is 32.9 Å². The molecule has 0 aliphatic rings. The number of carbonyl (C=O) groups excluding carboxylic acids is 1. The van der Waals surface area contributed by atoms with E-state index in [-0.39, 0.29) is 12.5 Å². The van der Waals surface area contributed by atoms with Gasteiger partial charge in [0.25, 0.3) is 0 Å². The number of hydrogen-bond donors (Lipinski definition) is 1. The molecule has 0 saturated heterocycles. The Morgan fingerprint density at radius 3 is 2.42 bits per heavy atom. The first-order valence-corrected chi connectivity index (χ1v) is 7.98. The molecule has 2 atom stereocenters. The Kier molecular flexibility index (Phi) is 5.78. The van der Waals surface area contributed by atoms with Crippen molar-refractivity contribution >= 4 is 5.97 Å². The maximum Gasteiger partial charge on any atom is 0.327 e. The molecule has 2 aromatic rings. The molecule has 0 radical (unpaired) electrons. The van der Waals surface area contributed by atoms with Crippen molar-refractivity contribution in [2.24, 2.45) is 11.7 Å². The number of carbonyl (C=O) groups is 1. The van der Waals surface area contributed by atoms with Crippen LogP contribution in [0.2, 0.25) is 0 Å². The van der Waals surface area contributed by atoms with Gasteiger partial charge < -0.3 is 10.5 Å². The molecule has 3 heteroatoms. The van der Waals surface area contributed by atoms with Crippen LogP contribution in [0.15, 0.2) is 54.6 Å². The lowest BCUT2D eigenvalue weighted by Gasteiger charge is -2.25. The molecule has 24 heavy (non-hydrogen) atoms. The fourth-order valence-electron chi connectivity index (χ4n) is 2.03. The average molecular weight is 321 g/mol. The van der Waals surface area contributed by atoms with Gasteiger partial charge in [-0.15, -0.1) is 0 Å². The zero-order chi connectivity index (χ0) is 17.6. The van der Waals surface area contributed by atoms with Crippen molar-refractivity contribution in [3.63, 3.8) is 0 Å². The molecule has 124 valence electrons. The molecule has 0 aliphatic carbocycles. The molecular formula is C21H23NO2. The van der Waals surface area contributed by atoms with E-state index in [0.29, 0.717) is 0 Å². The first kappa shape index (κ1) is 17.8. The number of ether oxygens (including phenoxy) is 1. The summed E-state index contributed by atoms with van der Waals surface area (Å²) in [6, 6.07) is 17.5. The molecule has 0 saturated carbocycles. The standard InChI is InChI=1S/C21H23NO2/c1-16-9-12-18(13-10-16)14-11-17(2)21(3,22)20(23)24-15-19-7-5-4-6-8-19/h4-10,12-13,17H,15,22H2,1-3H3/t17-,21+/m1/s1. The summed E-state index contributed by atoms with van der Waals surface area (Å²) in [4.78, 5) is 12.3. The Bertz CT molecular complexity index is 737. The number of aryl methyl sites for hydroxylation is 1. The Labute approximate surface area is 143 Å². The van der Waals surface area contributed by atoms with Gasteiger partial charge in [-0.1, -0.05) is 59.9 Å². The molecular weight excluding hydrogens is 298 g/mol. The first-order valence-electron chi connectivity index (χ1n) is 7.98. The zero-order valence-electron chi connectivity index (χ0n) is 14.4. The van der Waals surface area contributed by atoms with E-state index < -0.39 is 11.5 Å². The van der Waals surface area contributed by atoms with Crippen molar-refractivity contribution in [1.82, 2.24) is 0 Å². The summed E-state index contributed by atoms with van der Waals surface area (Å²) in [5, 5.41) is 0. The summed E-state index contributed by atoms with van der Waals surface area (Å²) in [5.74, 6) is 5.35. The number of nitrogens with two attached hydrogens (primary N) is 1. The van der Waals surface area contributed by atoms with Crippen molar-refractivity contribution in [2.75, 3.05) is 0 Å². The number of benzene rings is 2. The van der Waals surface area contributed by atoms with E-state index in [1.54, 1.807) is 6.92 Å². The van der Waals surface area contributed by atoms with E-state index in [1.165, 1.54) is 5.56 Å². The van der Waals surface area contributed by atoms with Crippen molar-refractivity contribution in [3.8, 4) is 11.8 Å². The maximum absolute atomic E-state index is 12.3. The van der Waals surface area contributed by atoms with Gasteiger partial charge in [-0.05, 0) is 38.5 Å². The fraction of sp³-hybridized carbons (Fsp3) is 0.286. The second kappa shape index (κ2) is 7.81. The van der Waals surface area contributed by atoms with Crippen LogP contribution < -0.4 is 5.73 Å². The van der Waals surface area contributed by atoms with E-state index >= 15 is 0 Å². The Hall–Kier alpha value is -2.57. The van der Waals surface area contributed by atoms with Crippen LogP contribution in [0.4, 0.5) is 0 Å². The summed E-state index contributed by atoms with van der Waals surface area (Å²) in [7, 11) is 0. The van der Waals surface area contributed by atoms with Crippen LogP contribution in [0.25, 0.3) is 0 Å². The number of hydrogen-bond acceptors (Lipinski definition) is 3. The van der Waals surface area contributed by atoms with Gasteiger partial charge in [0.2, 0.25) is 0 Å². The summed E-state index contributed by atoms with van der Waals surface area (Å²) in [5.41, 5.74) is 8.04. The quantitative estimate of drug-likeness (QED) is 0.693. The third kappa shape index (κ3) is 4.71. The second-order valence-electron chi connectivity index (χ2n) is 6.20. The minimum atomic E-state index is -1.16. The van der Waals surface area contributed by atoms with Gasteiger partial charge in [-0.3, -0.25) is 4.79 Å². The molecule has 0 amide bonds. The lowest BCUT2D eigenvalue weighted by atomic mass is 9.88. The van der Waals surface area contributed by atoms with E-state index in [9.17, 15) is 4.79 Å². The topological polar surface area (TPSA) is 52.3 Å². The van der Waals surface area contributed by atoms with Gasteiger partial charge in [0.15, 0.2) is 0 Å². The lowest BCUT2D eigenvalue weighted by molar-refractivity contribution is -0.152. The molecule has 0 aliphatic heterocycles. The lowest BCUT2D eigenvalue weighted by Crippen LogP contribution is -2.51. The van der Waals surface area contributed by atoms with Gasteiger partial charge in [-0.2, -0.15) is 0 Å². The fourth-order valence-corrected chi connectivity index (χ4v) is 2.03. The monoisotopic (exact) mass is 321 g/mol. The van der Waals surface area contributed by atoms with Crippen LogP contribution in [0.5, 0.6) is 0 Å². The molecule has 0 heterocycles. The summed E-state index contributed by atoms with van der Waals surface area (Å²) in [6.45, 7) is 5.74. The van der Waals surface area contributed by atoms with Gasteiger partial charge in [0, 0.05) is 11.5 Å². The molecule has 3 nitrogen and oxygen atoms in total. The van der Waals surface area contributed by atoms with Crippen molar-refractivity contribution < 1.29 is 9.53 Å². The number of esters is 1. The highest BCUT2D eigenvalue weighted by atomic mass is 16.5. The smallest absolute Gasteiger partial charge is 0.327 e. The highest BCUT2D eigenvalue weighted by Crippen LogP contribution is 2.16. The van der Waals surface area contributed by atoms with E-state index in [2.05, 4.69) is 11.8 Å². The predicted octanol–water partition coefficient (Wildman–Crippen LogP) is 3.44. The van der Waals surface area contributed by atoms with E-state index in [0.717, 1.165) is 11.1 Å². The minimum Gasteiger partial charge on any atom is -0.459 e. The SMILES string of the molecule is Cc1ccc(C#C[C@@H](C)[C@](C)(N)C(=O)OCc2ccccc2)cc1. The Balaban J connectivity index is 2.00. The Morgan fingerprint density at radius 2 is 1.79 bits per heavy atom. The highest BCUT2D eigenvalue weighted by Gasteiger charge is 2.35. The molecule has 2 aromatic carbocycles. The van der Waals surface area contributed by atoms with E-state index in [1.807, 2.05) is 68.4 Å². The summed E-state index contributed by atoms with van der Waals surface area (Å²) >= 11 is 0. The van der Waals surface area contributed by atoms with E-state index in [4.69, 9.17) is 10.5 Å². The minimum absolute atomic E-state index is 0.213. The van der Waals surface area contributed by atoms with Crippen LogP contribution in [0.1, 0.15) is 30.5 Å². The second-order valence-corrected chi connectivity index (χ2v) is 6.20. The number of rotatable bonds is 4. The van der Waals surface area contributed by atoms with Crippen LogP contribution in [0.3, 0.4) is 0 Å². The molecule has 2 rings (SSSR count). The van der Waals surface area contributed by atoms with Crippen LogP contribution in [0, 0.1) is 24.7 Å². The molecule has 0 bridgehead atoms. The zero-order valence-corrected chi connectivity index (χ0v) is 14.4. The predicted molar refractivity (Wildman–Crippen MR) is 96.1 cm³/mol. The first-order chi connectivity index (χ1) is 11.4. The van der Waals surface area contributed by atoms with Gasteiger partial charge >= 0.3 is 5.97 Å². The van der Waals surface area contributed by atoms with Crippen LogP contribution in [-0.4, -0.2) is 11.5 Å². The largest absolute Gasteiger partial charge is 0.459 e. The summed E-state index contributed by atoms with van der Waals surface area (Å²) < 4.78 is 5.35. The van der Waals surface area contributed by atoms with Gasteiger partial charge in [0.1, 0.15) is 12.1 Å². The average Bonchev–Trinajstić information content (AvgIpc) is 2.59. The van der Waals surface area contributed by atoms with Crippen molar-refractivity contribution in [3.05, 3.63) is 71.3 Å². The molecule has 0 unspecified atom stereocenters.